The number of hydrogen-bond donors (Lipinski definition) is 2. The number of nitrogens with one attached hydrogen (secondary N) is 1. The van der Waals surface area contributed by atoms with Gasteiger partial charge in [-0.15, -0.1) is 0 Å². The number of carbonyl (C=O) groups excluding carboxylic acids is 1. The zero-order valence-corrected chi connectivity index (χ0v) is 7.25. The van der Waals surface area contributed by atoms with Crippen molar-refractivity contribution in [2.24, 2.45) is 17.6 Å². The highest BCUT2D eigenvalue weighted by Gasteiger charge is 2.39. The smallest absolute Gasteiger partial charge is 0.217 e. The summed E-state index contributed by atoms with van der Waals surface area (Å²) in [5.74, 6) is 1.22. The summed E-state index contributed by atoms with van der Waals surface area (Å²) < 4.78 is 0. The van der Waals surface area contributed by atoms with E-state index in [1.807, 2.05) is 0 Å². The van der Waals surface area contributed by atoms with E-state index in [-0.39, 0.29) is 5.91 Å². The zero-order chi connectivity index (χ0) is 8.55. The molecule has 0 spiro atoms. The van der Waals surface area contributed by atoms with Crippen molar-refractivity contribution in [1.82, 2.24) is 5.32 Å². The predicted octanol–water partition coefficient (Wildman–Crippen LogP) is 0.250. The molecule has 2 atom stereocenters. The summed E-state index contributed by atoms with van der Waals surface area (Å²) in [6.07, 6.45) is 4.39. The number of amides is 1. The van der Waals surface area contributed by atoms with Crippen molar-refractivity contribution >= 4 is 5.91 Å². The second-order valence-corrected chi connectivity index (χ2v) is 4.04. The Morgan fingerprint density at radius 2 is 2.17 bits per heavy atom. The average molecular weight is 168 g/mol. The van der Waals surface area contributed by atoms with Gasteiger partial charge in [0.25, 0.3) is 0 Å². The van der Waals surface area contributed by atoms with Gasteiger partial charge in [0, 0.05) is 12.5 Å². The lowest BCUT2D eigenvalue weighted by molar-refractivity contribution is -0.119. The Kier molecular flexibility index (Phi) is 2.05. The summed E-state index contributed by atoms with van der Waals surface area (Å²) in [5.41, 5.74) is 5.19. The lowest BCUT2D eigenvalue weighted by atomic mass is 9.93. The monoisotopic (exact) mass is 168 g/mol. The van der Waals surface area contributed by atoms with E-state index < -0.39 is 0 Å². The van der Waals surface area contributed by atoms with Gasteiger partial charge in [0.05, 0.1) is 0 Å². The van der Waals surface area contributed by atoms with E-state index in [9.17, 15) is 4.79 Å². The molecule has 1 amide bonds. The molecule has 1 aliphatic carbocycles. The van der Waals surface area contributed by atoms with Gasteiger partial charge >= 0.3 is 0 Å². The molecule has 2 fully saturated rings. The van der Waals surface area contributed by atoms with Gasteiger partial charge in [0.15, 0.2) is 0 Å². The van der Waals surface area contributed by atoms with E-state index in [0.29, 0.717) is 18.4 Å². The Labute approximate surface area is 72.7 Å². The van der Waals surface area contributed by atoms with Crippen LogP contribution >= 0.6 is 0 Å². The second-order valence-electron chi connectivity index (χ2n) is 4.04. The standard InChI is InChI=1S/C9H16N2O/c10-8(12)5-7-3-4-11-9(7)6-1-2-6/h6-7,9,11H,1-5H2,(H2,10,12). The minimum absolute atomic E-state index is 0.144. The maximum atomic E-state index is 10.7. The van der Waals surface area contributed by atoms with Crippen LogP contribution in [0, 0.1) is 11.8 Å². The molecule has 1 saturated carbocycles. The summed E-state index contributed by atoms with van der Waals surface area (Å²) in [7, 11) is 0. The molecule has 3 nitrogen and oxygen atoms in total. The summed E-state index contributed by atoms with van der Waals surface area (Å²) in [5, 5.41) is 3.47. The van der Waals surface area contributed by atoms with E-state index in [0.717, 1.165) is 18.9 Å². The summed E-state index contributed by atoms with van der Waals surface area (Å²) >= 11 is 0. The molecule has 12 heavy (non-hydrogen) atoms. The Morgan fingerprint density at radius 1 is 1.42 bits per heavy atom. The van der Waals surface area contributed by atoms with Crippen molar-refractivity contribution < 1.29 is 4.79 Å². The minimum atomic E-state index is -0.144. The Morgan fingerprint density at radius 3 is 2.75 bits per heavy atom. The van der Waals surface area contributed by atoms with Gasteiger partial charge in [-0.1, -0.05) is 0 Å². The van der Waals surface area contributed by atoms with Crippen LogP contribution in [-0.2, 0) is 4.79 Å². The van der Waals surface area contributed by atoms with Crippen LogP contribution in [0.1, 0.15) is 25.7 Å². The molecule has 0 aromatic heterocycles. The number of carbonyl (C=O) groups is 1. The lowest BCUT2D eigenvalue weighted by Gasteiger charge is -2.16. The molecule has 2 unspecified atom stereocenters. The summed E-state index contributed by atoms with van der Waals surface area (Å²) in [4.78, 5) is 10.7. The van der Waals surface area contributed by atoms with Gasteiger partial charge in [0.2, 0.25) is 5.91 Å². The van der Waals surface area contributed by atoms with Crippen LogP contribution in [0.4, 0.5) is 0 Å². The first kappa shape index (κ1) is 8.05. The molecule has 3 N–H and O–H groups in total. The van der Waals surface area contributed by atoms with Crippen molar-refractivity contribution in [3.05, 3.63) is 0 Å². The molecule has 0 aromatic rings. The van der Waals surface area contributed by atoms with E-state index in [1.54, 1.807) is 0 Å². The fraction of sp³-hybridized carbons (Fsp3) is 0.889. The maximum Gasteiger partial charge on any atom is 0.217 e. The first-order valence-corrected chi connectivity index (χ1v) is 4.79. The zero-order valence-electron chi connectivity index (χ0n) is 7.25. The fourth-order valence-corrected chi connectivity index (χ4v) is 2.28. The molecular formula is C9H16N2O. The number of hydrogen-bond acceptors (Lipinski definition) is 2. The van der Waals surface area contributed by atoms with Gasteiger partial charge in [-0.05, 0) is 37.6 Å². The Hall–Kier alpha value is -0.570. The third kappa shape index (κ3) is 1.61. The molecule has 1 saturated heterocycles. The summed E-state index contributed by atoms with van der Waals surface area (Å²) in [6.45, 7) is 1.07. The van der Waals surface area contributed by atoms with E-state index >= 15 is 0 Å². The largest absolute Gasteiger partial charge is 0.370 e. The van der Waals surface area contributed by atoms with Crippen LogP contribution in [-0.4, -0.2) is 18.5 Å². The summed E-state index contributed by atoms with van der Waals surface area (Å²) in [6, 6.07) is 0.595. The highest BCUT2D eigenvalue weighted by molar-refractivity contribution is 5.74. The van der Waals surface area contributed by atoms with Crippen LogP contribution < -0.4 is 11.1 Å². The van der Waals surface area contributed by atoms with Crippen molar-refractivity contribution in [2.75, 3.05) is 6.54 Å². The number of rotatable bonds is 3. The molecule has 2 rings (SSSR count). The van der Waals surface area contributed by atoms with Gasteiger partial charge in [-0.3, -0.25) is 4.79 Å². The Balaban J connectivity index is 1.89. The maximum absolute atomic E-state index is 10.7. The van der Waals surface area contributed by atoms with Crippen LogP contribution in [0.15, 0.2) is 0 Å². The first-order valence-electron chi connectivity index (χ1n) is 4.79. The molecule has 1 heterocycles. The SMILES string of the molecule is NC(=O)CC1CCNC1C1CC1. The van der Waals surface area contributed by atoms with Gasteiger partial charge in [-0.2, -0.15) is 0 Å². The number of primary amides is 1. The van der Waals surface area contributed by atoms with Crippen LogP contribution in [0.5, 0.6) is 0 Å². The van der Waals surface area contributed by atoms with E-state index in [2.05, 4.69) is 5.32 Å². The van der Waals surface area contributed by atoms with Gasteiger partial charge < -0.3 is 11.1 Å². The third-order valence-electron chi connectivity index (χ3n) is 3.00. The molecule has 0 aromatic carbocycles. The molecule has 1 aliphatic heterocycles. The van der Waals surface area contributed by atoms with Crippen molar-refractivity contribution in [3.8, 4) is 0 Å². The molecule has 68 valence electrons. The van der Waals surface area contributed by atoms with E-state index in [4.69, 9.17) is 5.73 Å². The van der Waals surface area contributed by atoms with Gasteiger partial charge in [0.1, 0.15) is 0 Å². The predicted molar refractivity (Wildman–Crippen MR) is 46.4 cm³/mol. The van der Waals surface area contributed by atoms with Crippen LogP contribution in [0.25, 0.3) is 0 Å². The quantitative estimate of drug-likeness (QED) is 0.634. The van der Waals surface area contributed by atoms with Crippen LogP contribution in [0.3, 0.4) is 0 Å². The van der Waals surface area contributed by atoms with Crippen LogP contribution in [0.2, 0.25) is 0 Å². The molecule has 0 bridgehead atoms. The highest BCUT2D eigenvalue weighted by atomic mass is 16.1. The fourth-order valence-electron chi connectivity index (χ4n) is 2.28. The normalized spacial score (nSPS) is 35.3. The van der Waals surface area contributed by atoms with Gasteiger partial charge in [-0.25, -0.2) is 0 Å². The average Bonchev–Trinajstić information content (AvgIpc) is 2.73. The van der Waals surface area contributed by atoms with Crippen molar-refractivity contribution in [1.29, 1.82) is 0 Å². The highest BCUT2D eigenvalue weighted by Crippen LogP contribution is 2.39. The topological polar surface area (TPSA) is 55.1 Å². The molecular weight excluding hydrogens is 152 g/mol. The molecule has 0 radical (unpaired) electrons. The minimum Gasteiger partial charge on any atom is -0.370 e. The van der Waals surface area contributed by atoms with Crippen molar-refractivity contribution in [3.63, 3.8) is 0 Å². The lowest BCUT2D eigenvalue weighted by Crippen LogP contribution is -2.31. The second kappa shape index (κ2) is 3.05. The third-order valence-corrected chi connectivity index (χ3v) is 3.00. The first-order chi connectivity index (χ1) is 5.77. The number of nitrogens with two attached hydrogens (primary N) is 1. The van der Waals surface area contributed by atoms with Crippen molar-refractivity contribution in [2.45, 2.75) is 31.7 Å². The molecule has 2 aliphatic rings. The molecule has 3 heteroatoms. The Bertz CT molecular complexity index is 189. The van der Waals surface area contributed by atoms with E-state index in [1.165, 1.54) is 12.8 Å².